The van der Waals surface area contributed by atoms with Gasteiger partial charge in [0.1, 0.15) is 16.9 Å². The second-order valence-corrected chi connectivity index (χ2v) is 6.32. The third-order valence-electron chi connectivity index (χ3n) is 4.39. The van der Waals surface area contributed by atoms with Crippen LogP contribution in [0, 0.1) is 23.3 Å². The molecule has 5 nitrogen and oxygen atoms in total. The number of aromatic nitrogens is 3. The minimum absolute atomic E-state index is 0.0156. The molecule has 0 atom stereocenters. The molecule has 0 aliphatic heterocycles. The highest BCUT2D eigenvalue weighted by Gasteiger charge is 2.25. The lowest BCUT2D eigenvalue weighted by atomic mass is 10.1. The molecule has 0 fully saturated rings. The van der Waals surface area contributed by atoms with Crippen molar-refractivity contribution in [3.63, 3.8) is 0 Å². The third-order valence-corrected chi connectivity index (χ3v) is 4.39. The van der Waals surface area contributed by atoms with Crippen molar-refractivity contribution in [1.29, 1.82) is 0 Å². The molecule has 0 aliphatic rings. The smallest absolute Gasteiger partial charge is 0.280 e. The number of nitrogens with one attached hydrogen (secondary N) is 1. The van der Waals surface area contributed by atoms with Gasteiger partial charge in [-0.15, -0.1) is 0 Å². The van der Waals surface area contributed by atoms with E-state index in [1.54, 1.807) is 35.6 Å². The van der Waals surface area contributed by atoms with Crippen molar-refractivity contribution in [3.8, 4) is 11.3 Å². The molecule has 2 aromatic carbocycles. The van der Waals surface area contributed by atoms with Crippen LogP contribution in [0.15, 0.2) is 48.7 Å². The lowest BCUT2D eigenvalue weighted by Gasteiger charge is -2.10. The zero-order chi connectivity index (χ0) is 22.3. The number of hydrogen-bond donors (Lipinski definition) is 1. The quantitative estimate of drug-likeness (QED) is 0.356. The van der Waals surface area contributed by atoms with Gasteiger partial charge in [0.05, 0.1) is 11.9 Å². The molecule has 158 valence electrons. The summed E-state index contributed by atoms with van der Waals surface area (Å²) in [4.78, 5) is 16.7. The normalized spacial score (nSPS) is 11.3. The van der Waals surface area contributed by atoms with Crippen LogP contribution in [0.4, 0.5) is 32.0 Å². The molecule has 11 heteroatoms. The van der Waals surface area contributed by atoms with E-state index in [-0.39, 0.29) is 17.4 Å². The topological polar surface area (TPSA) is 59.3 Å². The van der Waals surface area contributed by atoms with Gasteiger partial charge in [0.2, 0.25) is 0 Å². The molecular weight excluding hydrogens is 426 g/mol. The van der Waals surface area contributed by atoms with E-state index in [0.717, 1.165) is 12.3 Å². The molecule has 31 heavy (non-hydrogen) atoms. The first kappa shape index (κ1) is 20.4. The Morgan fingerprint density at radius 1 is 0.968 bits per heavy atom. The van der Waals surface area contributed by atoms with Gasteiger partial charge in [0, 0.05) is 11.6 Å². The van der Waals surface area contributed by atoms with Crippen molar-refractivity contribution in [2.24, 2.45) is 0 Å². The fraction of sp³-hybridized carbons (Fsp3) is 0.0500. The summed E-state index contributed by atoms with van der Waals surface area (Å²) in [5.41, 5.74) is -2.18. The van der Waals surface area contributed by atoms with Crippen molar-refractivity contribution >= 4 is 17.2 Å². The number of rotatable bonds is 4. The van der Waals surface area contributed by atoms with Crippen molar-refractivity contribution in [3.05, 3.63) is 83.2 Å². The molecule has 0 bridgehead atoms. The van der Waals surface area contributed by atoms with Gasteiger partial charge in [0.25, 0.3) is 12.3 Å². The summed E-state index contributed by atoms with van der Waals surface area (Å²) in [6.07, 6.45) is -2.14. The van der Waals surface area contributed by atoms with E-state index in [9.17, 15) is 31.1 Å². The average Bonchev–Trinajstić information content (AvgIpc) is 3.19. The lowest BCUT2D eigenvalue weighted by Crippen LogP contribution is -2.16. The van der Waals surface area contributed by atoms with Gasteiger partial charge in [0.15, 0.2) is 28.9 Å². The van der Waals surface area contributed by atoms with Crippen LogP contribution in [0.3, 0.4) is 0 Å². The van der Waals surface area contributed by atoms with Crippen LogP contribution in [0.1, 0.15) is 22.5 Å². The van der Waals surface area contributed by atoms with Crippen molar-refractivity contribution in [1.82, 2.24) is 14.6 Å². The van der Waals surface area contributed by atoms with Crippen LogP contribution >= 0.6 is 0 Å². The largest absolute Gasteiger partial charge is 0.317 e. The molecule has 4 rings (SSSR count). The maximum Gasteiger partial charge on any atom is 0.280 e. The van der Waals surface area contributed by atoms with Crippen LogP contribution < -0.4 is 5.32 Å². The summed E-state index contributed by atoms with van der Waals surface area (Å²) in [5, 5.41) is 5.41. The predicted molar refractivity (Wildman–Crippen MR) is 97.6 cm³/mol. The summed E-state index contributed by atoms with van der Waals surface area (Å²) < 4.78 is 82.4. The Hall–Kier alpha value is -3.89. The van der Waals surface area contributed by atoms with E-state index in [2.05, 4.69) is 10.1 Å². The number of anilines is 1. The summed E-state index contributed by atoms with van der Waals surface area (Å²) in [7, 11) is 0. The van der Waals surface area contributed by atoms with Gasteiger partial charge in [-0.1, -0.05) is 30.3 Å². The van der Waals surface area contributed by atoms with E-state index in [4.69, 9.17) is 0 Å². The Kier molecular flexibility index (Phi) is 5.09. The van der Waals surface area contributed by atoms with Crippen molar-refractivity contribution < 1.29 is 31.1 Å². The number of alkyl halides is 2. The van der Waals surface area contributed by atoms with E-state index >= 15 is 0 Å². The van der Waals surface area contributed by atoms with E-state index in [1.165, 1.54) is 0 Å². The van der Waals surface area contributed by atoms with Gasteiger partial charge in [-0.2, -0.15) is 5.10 Å². The average molecular weight is 436 g/mol. The van der Waals surface area contributed by atoms with Crippen LogP contribution in [-0.2, 0) is 0 Å². The lowest BCUT2D eigenvalue weighted by molar-refractivity contribution is 0.102. The highest BCUT2D eigenvalue weighted by Crippen LogP contribution is 2.28. The van der Waals surface area contributed by atoms with Crippen LogP contribution in [0.2, 0.25) is 0 Å². The third kappa shape index (κ3) is 3.58. The molecule has 0 aliphatic carbocycles. The van der Waals surface area contributed by atoms with Gasteiger partial charge in [-0.25, -0.2) is 35.8 Å². The Balaban J connectivity index is 1.84. The summed E-state index contributed by atoms with van der Waals surface area (Å²) in [6, 6.07) is 9.28. The standard InChI is InChI=1S/C20H10F6N4O/c21-11-6-12(22)16(24)17(15(11)23)29-20(31)10-8-27-30-14(18(25)26)7-13(28-19(10)30)9-4-2-1-3-5-9/h1-8,18H,(H,29,31). The Bertz CT molecular complexity index is 1280. The van der Waals surface area contributed by atoms with E-state index in [0.29, 0.717) is 10.1 Å². The molecule has 2 heterocycles. The van der Waals surface area contributed by atoms with Gasteiger partial charge < -0.3 is 5.32 Å². The maximum atomic E-state index is 13.9. The first-order valence-corrected chi connectivity index (χ1v) is 8.64. The second kappa shape index (κ2) is 7.74. The van der Waals surface area contributed by atoms with Crippen LogP contribution in [0.25, 0.3) is 16.9 Å². The molecule has 1 amide bonds. The summed E-state index contributed by atoms with van der Waals surface area (Å²) in [5.74, 6) is -8.35. The molecule has 0 saturated heterocycles. The maximum absolute atomic E-state index is 13.9. The molecule has 1 N–H and O–H groups in total. The minimum Gasteiger partial charge on any atom is -0.317 e. The molecule has 0 radical (unpaired) electrons. The molecular formula is C20H10F6N4O. The number of hydrogen-bond acceptors (Lipinski definition) is 3. The van der Waals surface area contributed by atoms with Gasteiger partial charge in [-0.3, -0.25) is 4.79 Å². The second-order valence-electron chi connectivity index (χ2n) is 6.32. The van der Waals surface area contributed by atoms with Crippen LogP contribution in [-0.4, -0.2) is 20.5 Å². The van der Waals surface area contributed by atoms with Crippen molar-refractivity contribution in [2.45, 2.75) is 6.43 Å². The van der Waals surface area contributed by atoms with Gasteiger partial charge in [-0.05, 0) is 6.07 Å². The highest BCUT2D eigenvalue weighted by molar-refractivity contribution is 6.08. The first-order chi connectivity index (χ1) is 14.8. The van der Waals surface area contributed by atoms with E-state index < -0.39 is 52.5 Å². The number of benzene rings is 2. The fourth-order valence-electron chi connectivity index (χ4n) is 2.92. The number of halogens is 6. The highest BCUT2D eigenvalue weighted by atomic mass is 19.3. The molecule has 0 spiro atoms. The van der Waals surface area contributed by atoms with E-state index in [1.807, 2.05) is 0 Å². The van der Waals surface area contributed by atoms with Gasteiger partial charge >= 0.3 is 0 Å². The molecule has 0 unspecified atom stereocenters. The molecule has 0 saturated carbocycles. The monoisotopic (exact) mass is 436 g/mol. The molecule has 2 aromatic heterocycles. The Morgan fingerprint density at radius 3 is 2.23 bits per heavy atom. The minimum atomic E-state index is -2.99. The Morgan fingerprint density at radius 2 is 1.61 bits per heavy atom. The van der Waals surface area contributed by atoms with Crippen molar-refractivity contribution in [2.75, 3.05) is 5.32 Å². The first-order valence-electron chi connectivity index (χ1n) is 8.64. The number of nitrogens with zero attached hydrogens (tertiary/aromatic N) is 3. The predicted octanol–water partition coefficient (Wildman–Crippen LogP) is 5.14. The Labute approximate surface area is 170 Å². The summed E-state index contributed by atoms with van der Waals surface area (Å²) in [6.45, 7) is 0. The fourth-order valence-corrected chi connectivity index (χ4v) is 2.92. The summed E-state index contributed by atoms with van der Waals surface area (Å²) >= 11 is 0. The number of carbonyl (C=O) groups is 1. The SMILES string of the molecule is O=C(Nc1c(F)c(F)cc(F)c1F)c1cnn2c(C(F)F)cc(-c3ccccc3)nc12. The molecule has 4 aromatic rings. The number of amides is 1. The zero-order valence-corrected chi connectivity index (χ0v) is 15.2. The number of fused-ring (bicyclic) bond motifs is 1. The van der Waals surface area contributed by atoms with Crippen LogP contribution in [0.5, 0.6) is 0 Å². The number of carbonyl (C=O) groups excluding carboxylic acids is 1. The zero-order valence-electron chi connectivity index (χ0n) is 15.2.